The van der Waals surface area contributed by atoms with Gasteiger partial charge in [0.1, 0.15) is 0 Å². The number of aliphatic hydroxyl groups excluding tert-OH is 1. The summed E-state index contributed by atoms with van der Waals surface area (Å²) in [5, 5.41) is 12.4. The Morgan fingerprint density at radius 1 is 1.29 bits per heavy atom. The van der Waals surface area contributed by atoms with Gasteiger partial charge in [0.2, 0.25) is 0 Å². The maximum atomic E-state index is 9.08. The van der Waals surface area contributed by atoms with Crippen LogP contribution in [0.3, 0.4) is 0 Å². The van der Waals surface area contributed by atoms with Crippen LogP contribution in [-0.2, 0) is 4.74 Å². The Labute approximate surface area is 87.8 Å². The van der Waals surface area contributed by atoms with Gasteiger partial charge >= 0.3 is 0 Å². The number of nitrogens with one attached hydrogen (secondary N) is 1. The van der Waals surface area contributed by atoms with Crippen LogP contribution in [0.4, 0.5) is 0 Å². The van der Waals surface area contributed by atoms with Crippen LogP contribution in [0.15, 0.2) is 0 Å². The molecule has 0 fully saturated rings. The molecule has 0 aromatic heterocycles. The molecule has 2 N–H and O–H groups in total. The SMILES string of the molecule is CCC(C)OCCC(CO)NC(C)C. The highest BCUT2D eigenvalue weighted by Gasteiger charge is 2.08. The number of hydrogen-bond acceptors (Lipinski definition) is 3. The van der Waals surface area contributed by atoms with E-state index in [1.54, 1.807) is 0 Å². The zero-order valence-corrected chi connectivity index (χ0v) is 9.92. The maximum Gasteiger partial charge on any atom is 0.0585 e. The summed E-state index contributed by atoms with van der Waals surface area (Å²) < 4.78 is 5.55. The normalized spacial score (nSPS) is 15.9. The van der Waals surface area contributed by atoms with Crippen molar-refractivity contribution < 1.29 is 9.84 Å². The van der Waals surface area contributed by atoms with Crippen molar-refractivity contribution >= 4 is 0 Å². The highest BCUT2D eigenvalue weighted by atomic mass is 16.5. The Morgan fingerprint density at radius 2 is 1.93 bits per heavy atom. The monoisotopic (exact) mass is 203 g/mol. The van der Waals surface area contributed by atoms with Crippen LogP contribution in [0.2, 0.25) is 0 Å². The number of hydrogen-bond donors (Lipinski definition) is 2. The quantitative estimate of drug-likeness (QED) is 0.629. The van der Waals surface area contributed by atoms with E-state index in [4.69, 9.17) is 9.84 Å². The Balaban J connectivity index is 3.52. The number of aliphatic hydroxyl groups is 1. The van der Waals surface area contributed by atoms with E-state index in [-0.39, 0.29) is 12.6 Å². The predicted octanol–water partition coefficient (Wildman–Crippen LogP) is 1.55. The van der Waals surface area contributed by atoms with Gasteiger partial charge in [-0.05, 0) is 19.8 Å². The van der Waals surface area contributed by atoms with Gasteiger partial charge in [-0.15, -0.1) is 0 Å². The second-order valence-corrected chi connectivity index (χ2v) is 4.08. The minimum Gasteiger partial charge on any atom is -0.395 e. The third-order valence-electron chi connectivity index (χ3n) is 2.23. The molecule has 14 heavy (non-hydrogen) atoms. The maximum absolute atomic E-state index is 9.08. The molecule has 0 heterocycles. The van der Waals surface area contributed by atoms with E-state index in [1.165, 1.54) is 0 Å². The zero-order chi connectivity index (χ0) is 11.0. The van der Waals surface area contributed by atoms with Gasteiger partial charge in [-0.25, -0.2) is 0 Å². The average Bonchev–Trinajstić information content (AvgIpc) is 2.15. The zero-order valence-electron chi connectivity index (χ0n) is 9.92. The van der Waals surface area contributed by atoms with E-state index in [2.05, 4.69) is 33.0 Å². The van der Waals surface area contributed by atoms with Crippen LogP contribution in [0.1, 0.15) is 40.5 Å². The predicted molar refractivity (Wildman–Crippen MR) is 59.5 cm³/mol. The number of rotatable bonds is 8. The summed E-state index contributed by atoms with van der Waals surface area (Å²) in [6, 6.07) is 0.579. The van der Waals surface area contributed by atoms with Crippen LogP contribution in [-0.4, -0.2) is 36.5 Å². The third-order valence-corrected chi connectivity index (χ3v) is 2.23. The van der Waals surface area contributed by atoms with E-state index < -0.39 is 0 Å². The first-order valence-corrected chi connectivity index (χ1v) is 5.58. The van der Waals surface area contributed by atoms with Crippen molar-refractivity contribution in [2.45, 2.75) is 58.7 Å². The molecule has 0 aliphatic heterocycles. The molecule has 0 bridgehead atoms. The molecule has 0 spiro atoms. The molecule has 2 atom stereocenters. The first-order chi connectivity index (χ1) is 6.60. The molecule has 0 aliphatic carbocycles. The molecule has 0 amide bonds. The molecule has 0 saturated heterocycles. The summed E-state index contributed by atoms with van der Waals surface area (Å²) >= 11 is 0. The second-order valence-electron chi connectivity index (χ2n) is 4.08. The summed E-state index contributed by atoms with van der Waals surface area (Å²) in [5.74, 6) is 0. The third kappa shape index (κ3) is 7.30. The van der Waals surface area contributed by atoms with Gasteiger partial charge in [0.25, 0.3) is 0 Å². The molecule has 86 valence electrons. The Bertz CT molecular complexity index is 128. The molecular formula is C11H25NO2. The van der Waals surface area contributed by atoms with Crippen molar-refractivity contribution in [1.82, 2.24) is 5.32 Å². The van der Waals surface area contributed by atoms with Gasteiger partial charge in [-0.2, -0.15) is 0 Å². The van der Waals surface area contributed by atoms with Crippen molar-refractivity contribution in [3.05, 3.63) is 0 Å². The van der Waals surface area contributed by atoms with Crippen LogP contribution in [0, 0.1) is 0 Å². The van der Waals surface area contributed by atoms with Crippen LogP contribution in [0.5, 0.6) is 0 Å². The van der Waals surface area contributed by atoms with Gasteiger partial charge in [0.05, 0.1) is 12.7 Å². The molecule has 2 unspecified atom stereocenters. The minimum absolute atomic E-state index is 0.166. The highest BCUT2D eigenvalue weighted by molar-refractivity contribution is 4.67. The van der Waals surface area contributed by atoms with Crippen molar-refractivity contribution in [2.75, 3.05) is 13.2 Å². The minimum atomic E-state index is 0.166. The Hall–Kier alpha value is -0.120. The second kappa shape index (κ2) is 8.21. The van der Waals surface area contributed by atoms with Gasteiger partial charge in [-0.3, -0.25) is 0 Å². The molecule has 3 nitrogen and oxygen atoms in total. The Kier molecular flexibility index (Phi) is 8.14. The van der Waals surface area contributed by atoms with E-state index in [0.717, 1.165) is 19.4 Å². The van der Waals surface area contributed by atoms with Crippen molar-refractivity contribution in [3.8, 4) is 0 Å². The van der Waals surface area contributed by atoms with Crippen molar-refractivity contribution in [1.29, 1.82) is 0 Å². The Morgan fingerprint density at radius 3 is 2.36 bits per heavy atom. The molecule has 3 heteroatoms. The van der Waals surface area contributed by atoms with E-state index in [1.807, 2.05) is 0 Å². The standard InChI is InChI=1S/C11H25NO2/c1-5-10(4)14-7-6-11(8-13)12-9(2)3/h9-13H,5-8H2,1-4H3. The summed E-state index contributed by atoms with van der Waals surface area (Å²) in [6.07, 6.45) is 2.24. The van der Waals surface area contributed by atoms with Crippen molar-refractivity contribution in [3.63, 3.8) is 0 Å². The molecule has 0 radical (unpaired) electrons. The van der Waals surface area contributed by atoms with Gasteiger partial charge in [-0.1, -0.05) is 20.8 Å². The summed E-state index contributed by atoms with van der Waals surface area (Å²) in [4.78, 5) is 0. The smallest absolute Gasteiger partial charge is 0.0585 e. The van der Waals surface area contributed by atoms with E-state index in [0.29, 0.717) is 12.1 Å². The fraction of sp³-hybridized carbons (Fsp3) is 1.00. The fourth-order valence-electron chi connectivity index (χ4n) is 1.23. The molecular weight excluding hydrogens is 178 g/mol. The summed E-state index contributed by atoms with van der Waals surface area (Å²) in [5.41, 5.74) is 0. The fourth-order valence-corrected chi connectivity index (χ4v) is 1.23. The molecule has 0 rings (SSSR count). The molecule has 0 aromatic rings. The lowest BCUT2D eigenvalue weighted by atomic mass is 10.2. The largest absolute Gasteiger partial charge is 0.395 e. The molecule has 0 aliphatic rings. The van der Waals surface area contributed by atoms with Gasteiger partial charge in [0.15, 0.2) is 0 Å². The first-order valence-electron chi connectivity index (χ1n) is 5.58. The van der Waals surface area contributed by atoms with Crippen LogP contribution < -0.4 is 5.32 Å². The lowest BCUT2D eigenvalue weighted by Crippen LogP contribution is -2.38. The highest BCUT2D eigenvalue weighted by Crippen LogP contribution is 2.00. The lowest BCUT2D eigenvalue weighted by molar-refractivity contribution is 0.0521. The summed E-state index contributed by atoms with van der Waals surface area (Å²) in [6.45, 7) is 9.25. The lowest BCUT2D eigenvalue weighted by Gasteiger charge is -2.20. The van der Waals surface area contributed by atoms with Gasteiger partial charge in [0, 0.05) is 18.7 Å². The number of ether oxygens (including phenoxy) is 1. The van der Waals surface area contributed by atoms with E-state index in [9.17, 15) is 0 Å². The average molecular weight is 203 g/mol. The first kappa shape index (κ1) is 13.9. The topological polar surface area (TPSA) is 41.5 Å². The van der Waals surface area contributed by atoms with Crippen molar-refractivity contribution in [2.24, 2.45) is 0 Å². The summed E-state index contributed by atoms with van der Waals surface area (Å²) in [7, 11) is 0. The van der Waals surface area contributed by atoms with Gasteiger partial charge < -0.3 is 15.2 Å². The molecule has 0 aromatic carbocycles. The van der Waals surface area contributed by atoms with Crippen LogP contribution in [0.25, 0.3) is 0 Å². The molecule has 0 saturated carbocycles. The van der Waals surface area contributed by atoms with E-state index >= 15 is 0 Å². The van der Waals surface area contributed by atoms with Crippen LogP contribution >= 0.6 is 0 Å².